The van der Waals surface area contributed by atoms with E-state index >= 15 is 0 Å². The number of carbonyl (C=O) groups is 2. The molecule has 1 fully saturated rings. The molecule has 0 aliphatic heterocycles. The predicted octanol–water partition coefficient (Wildman–Crippen LogP) is 5.96. The van der Waals surface area contributed by atoms with Gasteiger partial charge in [-0.1, -0.05) is 51.0 Å². The Morgan fingerprint density at radius 2 is 1.82 bits per heavy atom. The van der Waals surface area contributed by atoms with Crippen molar-refractivity contribution >= 4 is 22.7 Å². The van der Waals surface area contributed by atoms with Crippen LogP contribution >= 0.6 is 0 Å². The molecule has 2 amide bonds. The summed E-state index contributed by atoms with van der Waals surface area (Å²) >= 11 is 0. The zero-order valence-electron chi connectivity index (χ0n) is 23.9. The minimum absolute atomic E-state index is 0.0103. The van der Waals surface area contributed by atoms with Gasteiger partial charge in [-0.05, 0) is 61.4 Å². The van der Waals surface area contributed by atoms with Crippen molar-refractivity contribution in [2.45, 2.75) is 71.4 Å². The molecule has 210 valence electrons. The first-order valence-corrected chi connectivity index (χ1v) is 14.3. The van der Waals surface area contributed by atoms with Crippen molar-refractivity contribution in [3.8, 4) is 11.5 Å². The van der Waals surface area contributed by atoms with Gasteiger partial charge in [-0.3, -0.25) is 9.59 Å². The fourth-order valence-corrected chi connectivity index (χ4v) is 5.29. The number of nitrogens with one attached hydrogen (secondary N) is 1. The number of hydrogen-bond donors (Lipinski definition) is 1. The van der Waals surface area contributed by atoms with Crippen LogP contribution in [0.3, 0.4) is 0 Å². The van der Waals surface area contributed by atoms with E-state index in [0.29, 0.717) is 31.0 Å². The van der Waals surface area contributed by atoms with Crippen molar-refractivity contribution in [3.63, 3.8) is 0 Å². The van der Waals surface area contributed by atoms with E-state index in [1.165, 1.54) is 10.9 Å². The Hall–Kier alpha value is -3.48. The molecule has 7 nitrogen and oxygen atoms in total. The Labute approximate surface area is 232 Å². The second kappa shape index (κ2) is 13.5. The van der Waals surface area contributed by atoms with Crippen LogP contribution in [-0.4, -0.2) is 59.9 Å². The molecule has 2 aromatic carbocycles. The predicted molar refractivity (Wildman–Crippen MR) is 155 cm³/mol. The third-order valence-electron chi connectivity index (χ3n) is 7.82. The number of unbranched alkanes of at least 4 members (excludes halogenated alkanes) is 1. The summed E-state index contributed by atoms with van der Waals surface area (Å²) in [6.45, 7) is 5.35. The first-order valence-electron chi connectivity index (χ1n) is 14.3. The maximum absolute atomic E-state index is 13.9. The van der Waals surface area contributed by atoms with Crippen LogP contribution < -0.4 is 9.47 Å². The second-order valence-electron chi connectivity index (χ2n) is 10.6. The van der Waals surface area contributed by atoms with E-state index in [1.54, 1.807) is 14.2 Å². The number of methoxy groups -OCH3 is 2. The van der Waals surface area contributed by atoms with Gasteiger partial charge in [-0.2, -0.15) is 0 Å². The topological polar surface area (TPSA) is 74.9 Å². The van der Waals surface area contributed by atoms with Gasteiger partial charge in [0, 0.05) is 42.1 Å². The quantitative estimate of drug-likeness (QED) is 0.261. The number of H-pyrrole nitrogens is 1. The van der Waals surface area contributed by atoms with E-state index in [1.807, 2.05) is 46.3 Å². The van der Waals surface area contributed by atoms with Crippen molar-refractivity contribution in [1.82, 2.24) is 14.8 Å². The number of fused-ring (bicyclic) bond motifs is 1. The molecule has 0 saturated heterocycles. The Morgan fingerprint density at radius 1 is 1.05 bits per heavy atom. The molecule has 0 spiro atoms. The van der Waals surface area contributed by atoms with Crippen LogP contribution in [0, 0.1) is 5.92 Å². The van der Waals surface area contributed by atoms with Crippen LogP contribution in [0.1, 0.15) is 63.5 Å². The lowest BCUT2D eigenvalue weighted by Crippen LogP contribution is -2.46. The first kappa shape index (κ1) is 28.5. The fraction of sp³-hybridized carbons (Fsp3) is 0.500. The number of ether oxygens (including phenoxy) is 2. The Bertz CT molecular complexity index is 1250. The summed E-state index contributed by atoms with van der Waals surface area (Å²) in [5, 5.41) is 1.17. The molecule has 1 aliphatic rings. The van der Waals surface area contributed by atoms with Crippen LogP contribution in [0.2, 0.25) is 0 Å². The van der Waals surface area contributed by atoms with Gasteiger partial charge in [0.15, 0.2) is 11.5 Å². The maximum Gasteiger partial charge on any atom is 0.242 e. The SMILES string of the molecule is CCCCC(CC)C(=O)N(CC(=O)N(CCc1c[nH]c2ccccc12)Cc1ccc(OC)c(OC)c1)C1CC1. The minimum Gasteiger partial charge on any atom is -0.493 e. The summed E-state index contributed by atoms with van der Waals surface area (Å²) in [4.78, 5) is 34.5. The van der Waals surface area contributed by atoms with Crippen molar-refractivity contribution < 1.29 is 19.1 Å². The highest BCUT2D eigenvalue weighted by Gasteiger charge is 2.37. The number of aromatic amines is 1. The summed E-state index contributed by atoms with van der Waals surface area (Å²) in [6.07, 6.45) is 8.51. The second-order valence-corrected chi connectivity index (χ2v) is 10.6. The molecule has 3 aromatic rings. The third-order valence-corrected chi connectivity index (χ3v) is 7.82. The first-order chi connectivity index (χ1) is 19.0. The Kier molecular flexibility index (Phi) is 9.90. The van der Waals surface area contributed by atoms with E-state index in [2.05, 4.69) is 31.0 Å². The molecular weight excluding hydrogens is 490 g/mol. The molecule has 0 radical (unpaired) electrons. The van der Waals surface area contributed by atoms with Gasteiger partial charge in [0.05, 0.1) is 14.2 Å². The Balaban J connectivity index is 1.54. The summed E-state index contributed by atoms with van der Waals surface area (Å²) < 4.78 is 10.9. The van der Waals surface area contributed by atoms with Gasteiger partial charge in [-0.15, -0.1) is 0 Å². The molecule has 7 heteroatoms. The highest BCUT2D eigenvalue weighted by Crippen LogP contribution is 2.31. The maximum atomic E-state index is 13.9. The summed E-state index contributed by atoms with van der Waals surface area (Å²) in [5.74, 6) is 1.40. The van der Waals surface area contributed by atoms with Gasteiger partial charge in [-0.25, -0.2) is 0 Å². The molecule has 1 atom stereocenters. The van der Waals surface area contributed by atoms with Crippen molar-refractivity contribution in [2.24, 2.45) is 5.92 Å². The molecule has 1 unspecified atom stereocenters. The van der Waals surface area contributed by atoms with Gasteiger partial charge >= 0.3 is 0 Å². The van der Waals surface area contributed by atoms with E-state index in [0.717, 1.165) is 49.6 Å². The standard InChI is InChI=1S/C32H43N3O4/c1-5-7-10-24(6-2)32(37)35(26-14-15-26)22-31(36)34(21-23-13-16-29(38-3)30(19-23)39-4)18-17-25-20-33-28-12-9-8-11-27(25)28/h8-9,11-13,16,19-20,24,26,33H,5-7,10,14-15,17-18,21-22H2,1-4H3. The highest BCUT2D eigenvalue weighted by molar-refractivity contribution is 5.87. The van der Waals surface area contributed by atoms with Crippen LogP contribution in [-0.2, 0) is 22.6 Å². The molecule has 4 rings (SSSR count). The number of para-hydroxylation sites is 1. The molecule has 1 heterocycles. The van der Waals surface area contributed by atoms with E-state index in [-0.39, 0.29) is 30.3 Å². The van der Waals surface area contributed by atoms with Crippen molar-refractivity contribution in [1.29, 1.82) is 0 Å². The van der Waals surface area contributed by atoms with E-state index in [4.69, 9.17) is 9.47 Å². The van der Waals surface area contributed by atoms with Crippen molar-refractivity contribution in [3.05, 3.63) is 59.8 Å². The monoisotopic (exact) mass is 533 g/mol. The summed E-state index contributed by atoms with van der Waals surface area (Å²) in [6, 6.07) is 14.2. The van der Waals surface area contributed by atoms with Crippen LogP contribution in [0.5, 0.6) is 11.5 Å². The third kappa shape index (κ3) is 7.14. The lowest BCUT2D eigenvalue weighted by molar-refractivity contribution is -0.144. The van der Waals surface area contributed by atoms with Crippen LogP contribution in [0.15, 0.2) is 48.7 Å². The van der Waals surface area contributed by atoms with Gasteiger partial charge in [0.2, 0.25) is 11.8 Å². The Morgan fingerprint density at radius 3 is 2.51 bits per heavy atom. The number of aromatic nitrogens is 1. The van der Waals surface area contributed by atoms with Gasteiger partial charge < -0.3 is 24.3 Å². The molecule has 0 bridgehead atoms. The summed E-state index contributed by atoms with van der Waals surface area (Å²) in [7, 11) is 3.23. The molecular formula is C32H43N3O4. The zero-order valence-corrected chi connectivity index (χ0v) is 23.9. The number of carbonyl (C=O) groups excluding carboxylic acids is 2. The number of rotatable bonds is 15. The average molecular weight is 534 g/mol. The molecule has 39 heavy (non-hydrogen) atoms. The normalized spacial score (nSPS) is 13.7. The molecule has 1 aromatic heterocycles. The molecule has 1 saturated carbocycles. The lowest BCUT2D eigenvalue weighted by atomic mass is 9.97. The van der Waals surface area contributed by atoms with E-state index in [9.17, 15) is 9.59 Å². The average Bonchev–Trinajstić information content (AvgIpc) is 3.73. The number of amides is 2. The minimum atomic E-state index is -0.0183. The smallest absolute Gasteiger partial charge is 0.242 e. The van der Waals surface area contributed by atoms with Crippen LogP contribution in [0.25, 0.3) is 10.9 Å². The number of hydrogen-bond acceptors (Lipinski definition) is 4. The van der Waals surface area contributed by atoms with Crippen molar-refractivity contribution in [2.75, 3.05) is 27.3 Å². The van der Waals surface area contributed by atoms with Gasteiger partial charge in [0.25, 0.3) is 0 Å². The lowest BCUT2D eigenvalue weighted by Gasteiger charge is -2.30. The van der Waals surface area contributed by atoms with E-state index < -0.39 is 0 Å². The van der Waals surface area contributed by atoms with Crippen LogP contribution in [0.4, 0.5) is 0 Å². The highest BCUT2D eigenvalue weighted by atomic mass is 16.5. The zero-order chi connectivity index (χ0) is 27.8. The summed E-state index contributed by atoms with van der Waals surface area (Å²) in [5.41, 5.74) is 3.23. The molecule has 1 aliphatic carbocycles. The number of nitrogens with zero attached hydrogens (tertiary/aromatic N) is 2. The fourth-order valence-electron chi connectivity index (χ4n) is 5.29. The number of benzene rings is 2. The van der Waals surface area contributed by atoms with Gasteiger partial charge in [0.1, 0.15) is 6.54 Å². The molecule has 1 N–H and O–H groups in total. The largest absolute Gasteiger partial charge is 0.493 e.